The van der Waals surface area contributed by atoms with Crippen molar-refractivity contribution in [2.75, 3.05) is 18.4 Å². The number of carbonyl (C=O) groups is 2. The number of amides is 2. The summed E-state index contributed by atoms with van der Waals surface area (Å²) in [5, 5.41) is 7.92. The van der Waals surface area contributed by atoms with E-state index in [0.29, 0.717) is 13.1 Å². The largest absolute Gasteiger partial charge is 0.573 e. The van der Waals surface area contributed by atoms with Crippen molar-refractivity contribution in [2.24, 2.45) is 0 Å². The highest BCUT2D eigenvalue weighted by atomic mass is 19.4. The van der Waals surface area contributed by atoms with E-state index in [1.807, 2.05) is 0 Å². The fourth-order valence-corrected chi connectivity index (χ4v) is 1.98. The minimum Gasteiger partial charge on any atom is -0.406 e. The standard InChI is InChI=1S/C13H14F3N3O3/c14-13(15,16)22-9-3-1-2-8(6-9)19-11(20)7-10-12(21)18-5-4-17-10/h1-3,6,10,17H,4-5,7H2,(H,18,21)(H,19,20). The van der Waals surface area contributed by atoms with Crippen LogP contribution in [0.1, 0.15) is 6.42 Å². The number of hydrogen-bond acceptors (Lipinski definition) is 4. The topological polar surface area (TPSA) is 79.5 Å². The van der Waals surface area contributed by atoms with Gasteiger partial charge >= 0.3 is 6.36 Å². The van der Waals surface area contributed by atoms with Crippen LogP contribution >= 0.6 is 0 Å². The van der Waals surface area contributed by atoms with Gasteiger partial charge in [-0.25, -0.2) is 0 Å². The Kier molecular flexibility index (Phi) is 4.86. The molecule has 1 unspecified atom stereocenters. The van der Waals surface area contributed by atoms with E-state index in [0.717, 1.165) is 12.1 Å². The third kappa shape index (κ3) is 4.92. The van der Waals surface area contributed by atoms with Gasteiger partial charge < -0.3 is 20.7 Å². The highest BCUT2D eigenvalue weighted by Gasteiger charge is 2.31. The maximum absolute atomic E-state index is 12.1. The van der Waals surface area contributed by atoms with E-state index in [1.54, 1.807) is 0 Å². The molecule has 1 aliphatic rings. The van der Waals surface area contributed by atoms with Crippen LogP contribution in [0.2, 0.25) is 0 Å². The number of anilines is 1. The lowest BCUT2D eigenvalue weighted by Crippen LogP contribution is -2.53. The van der Waals surface area contributed by atoms with Crippen molar-refractivity contribution in [1.82, 2.24) is 10.6 Å². The molecular formula is C13H14F3N3O3. The summed E-state index contributed by atoms with van der Waals surface area (Å²) in [6, 6.07) is 4.28. The minimum absolute atomic E-state index is 0.115. The van der Waals surface area contributed by atoms with Gasteiger partial charge in [-0.2, -0.15) is 0 Å². The van der Waals surface area contributed by atoms with Crippen LogP contribution in [0.3, 0.4) is 0 Å². The second kappa shape index (κ2) is 6.65. The van der Waals surface area contributed by atoms with Gasteiger partial charge in [0.1, 0.15) is 5.75 Å². The molecule has 2 amide bonds. The normalized spacial score (nSPS) is 18.5. The quantitative estimate of drug-likeness (QED) is 0.774. The first-order valence-corrected chi connectivity index (χ1v) is 6.50. The van der Waals surface area contributed by atoms with Crippen LogP contribution in [-0.4, -0.2) is 37.3 Å². The van der Waals surface area contributed by atoms with E-state index < -0.39 is 24.1 Å². The SMILES string of the molecule is O=C(CC1NCCNC1=O)Nc1cccc(OC(F)(F)F)c1. The summed E-state index contributed by atoms with van der Waals surface area (Å²) in [5.74, 6) is -1.20. The molecule has 0 spiro atoms. The van der Waals surface area contributed by atoms with Gasteiger partial charge in [0, 0.05) is 24.8 Å². The molecule has 1 aliphatic heterocycles. The molecule has 6 nitrogen and oxygen atoms in total. The van der Waals surface area contributed by atoms with Gasteiger partial charge in [-0.1, -0.05) is 6.07 Å². The zero-order chi connectivity index (χ0) is 16.2. The molecule has 120 valence electrons. The summed E-state index contributed by atoms with van der Waals surface area (Å²) in [6.45, 7) is 1.05. The second-order valence-electron chi connectivity index (χ2n) is 4.63. The van der Waals surface area contributed by atoms with Crippen molar-refractivity contribution < 1.29 is 27.5 Å². The maximum Gasteiger partial charge on any atom is 0.573 e. The van der Waals surface area contributed by atoms with Gasteiger partial charge in [0.25, 0.3) is 0 Å². The molecule has 1 saturated heterocycles. The highest BCUT2D eigenvalue weighted by Crippen LogP contribution is 2.25. The third-order valence-corrected chi connectivity index (χ3v) is 2.87. The number of ether oxygens (including phenoxy) is 1. The third-order valence-electron chi connectivity index (χ3n) is 2.87. The average Bonchev–Trinajstić information content (AvgIpc) is 2.40. The van der Waals surface area contributed by atoms with Crippen molar-refractivity contribution in [3.8, 4) is 5.75 Å². The number of rotatable bonds is 4. The molecule has 1 aromatic carbocycles. The lowest BCUT2D eigenvalue weighted by Gasteiger charge is -2.22. The number of benzene rings is 1. The smallest absolute Gasteiger partial charge is 0.406 e. The highest BCUT2D eigenvalue weighted by molar-refractivity contribution is 5.95. The Morgan fingerprint density at radius 2 is 2.14 bits per heavy atom. The van der Waals surface area contributed by atoms with Gasteiger partial charge in [-0.05, 0) is 12.1 Å². The van der Waals surface area contributed by atoms with Gasteiger partial charge in [0.2, 0.25) is 11.8 Å². The molecule has 1 heterocycles. The first-order chi connectivity index (χ1) is 10.3. The number of piperazine rings is 1. The van der Waals surface area contributed by atoms with Crippen LogP contribution in [0.4, 0.5) is 18.9 Å². The molecule has 0 radical (unpaired) electrons. The van der Waals surface area contributed by atoms with Gasteiger partial charge in [-0.3, -0.25) is 9.59 Å². The fraction of sp³-hybridized carbons (Fsp3) is 0.385. The van der Waals surface area contributed by atoms with Crippen LogP contribution in [0.5, 0.6) is 5.75 Å². The Morgan fingerprint density at radius 1 is 1.36 bits per heavy atom. The van der Waals surface area contributed by atoms with E-state index >= 15 is 0 Å². The maximum atomic E-state index is 12.1. The van der Waals surface area contributed by atoms with E-state index in [2.05, 4.69) is 20.7 Å². The summed E-state index contributed by atoms with van der Waals surface area (Å²) in [6.07, 6.45) is -4.91. The monoisotopic (exact) mass is 317 g/mol. The molecule has 1 fully saturated rings. The van der Waals surface area contributed by atoms with Crippen LogP contribution < -0.4 is 20.7 Å². The summed E-state index contributed by atoms with van der Waals surface area (Å²) in [7, 11) is 0. The first-order valence-electron chi connectivity index (χ1n) is 6.50. The predicted molar refractivity (Wildman–Crippen MR) is 71.2 cm³/mol. The van der Waals surface area contributed by atoms with Crippen molar-refractivity contribution in [1.29, 1.82) is 0 Å². The Labute approximate surface area is 124 Å². The number of nitrogens with one attached hydrogen (secondary N) is 3. The molecule has 1 atom stereocenters. The van der Waals surface area contributed by atoms with Gasteiger partial charge in [0.15, 0.2) is 0 Å². The van der Waals surface area contributed by atoms with Crippen molar-refractivity contribution in [3.05, 3.63) is 24.3 Å². The van der Waals surface area contributed by atoms with Gasteiger partial charge in [0.05, 0.1) is 12.5 Å². The number of hydrogen-bond donors (Lipinski definition) is 3. The van der Waals surface area contributed by atoms with Crippen LogP contribution in [0.15, 0.2) is 24.3 Å². The Balaban J connectivity index is 1.93. The minimum atomic E-state index is -4.80. The molecule has 3 N–H and O–H groups in total. The molecule has 0 bridgehead atoms. The van der Waals surface area contributed by atoms with Gasteiger partial charge in [-0.15, -0.1) is 13.2 Å². The molecule has 0 aromatic heterocycles. The summed E-state index contributed by atoms with van der Waals surface area (Å²) >= 11 is 0. The lowest BCUT2D eigenvalue weighted by atomic mass is 10.1. The number of alkyl halides is 3. The summed E-state index contributed by atoms with van der Waals surface area (Å²) < 4.78 is 40.1. The lowest BCUT2D eigenvalue weighted by molar-refractivity contribution is -0.274. The number of halogens is 3. The van der Waals surface area contributed by atoms with Crippen LogP contribution in [-0.2, 0) is 9.59 Å². The van der Waals surface area contributed by atoms with Crippen molar-refractivity contribution in [3.63, 3.8) is 0 Å². The van der Waals surface area contributed by atoms with Crippen LogP contribution in [0.25, 0.3) is 0 Å². The molecule has 22 heavy (non-hydrogen) atoms. The number of carbonyl (C=O) groups excluding carboxylic acids is 2. The van der Waals surface area contributed by atoms with E-state index in [9.17, 15) is 22.8 Å². The molecular weight excluding hydrogens is 303 g/mol. The Hall–Kier alpha value is -2.29. The summed E-state index contributed by atoms with van der Waals surface area (Å²) in [4.78, 5) is 23.3. The van der Waals surface area contributed by atoms with Crippen molar-refractivity contribution >= 4 is 17.5 Å². The second-order valence-corrected chi connectivity index (χ2v) is 4.63. The average molecular weight is 317 g/mol. The van der Waals surface area contributed by atoms with E-state index in [4.69, 9.17) is 0 Å². The molecule has 1 aromatic rings. The van der Waals surface area contributed by atoms with Crippen molar-refractivity contribution in [2.45, 2.75) is 18.8 Å². The molecule has 0 aliphatic carbocycles. The Morgan fingerprint density at radius 3 is 2.82 bits per heavy atom. The summed E-state index contributed by atoms with van der Waals surface area (Å²) in [5.41, 5.74) is 0.156. The zero-order valence-electron chi connectivity index (χ0n) is 11.4. The zero-order valence-corrected chi connectivity index (χ0v) is 11.4. The van der Waals surface area contributed by atoms with Crippen LogP contribution in [0, 0.1) is 0 Å². The molecule has 0 saturated carbocycles. The first kappa shape index (κ1) is 16.1. The predicted octanol–water partition coefficient (Wildman–Crippen LogP) is 1.00. The fourth-order valence-electron chi connectivity index (χ4n) is 1.98. The van der Waals surface area contributed by atoms with E-state index in [1.165, 1.54) is 12.1 Å². The molecule has 2 rings (SSSR count). The Bertz CT molecular complexity index is 563. The van der Waals surface area contributed by atoms with E-state index in [-0.39, 0.29) is 18.0 Å². The molecule has 9 heteroatoms.